The molecule has 1 N–H and O–H groups in total. The van der Waals surface area contributed by atoms with E-state index in [2.05, 4.69) is 12.2 Å². The summed E-state index contributed by atoms with van der Waals surface area (Å²) in [6.07, 6.45) is 7.66. The minimum absolute atomic E-state index is 0.118. The molecule has 2 aliphatic rings. The molecule has 1 atom stereocenters. The van der Waals surface area contributed by atoms with Crippen molar-refractivity contribution in [1.82, 2.24) is 5.32 Å². The topological polar surface area (TPSA) is 49.4 Å². The van der Waals surface area contributed by atoms with E-state index in [4.69, 9.17) is 0 Å². The van der Waals surface area contributed by atoms with Crippen LogP contribution in [-0.2, 0) is 0 Å². The summed E-state index contributed by atoms with van der Waals surface area (Å²) in [4.78, 5) is 27.4. The summed E-state index contributed by atoms with van der Waals surface area (Å²) >= 11 is 0. The number of nitrogens with one attached hydrogen (secondary N) is 1. The van der Waals surface area contributed by atoms with Crippen LogP contribution in [0.1, 0.15) is 62.2 Å². The normalized spacial score (nSPS) is 21.3. The van der Waals surface area contributed by atoms with Crippen molar-refractivity contribution in [2.45, 2.75) is 57.9 Å². The second-order valence-corrected chi connectivity index (χ2v) is 6.68. The third-order valence-electron chi connectivity index (χ3n) is 5.10. The van der Waals surface area contributed by atoms with Gasteiger partial charge >= 0.3 is 6.03 Å². The molecule has 0 radical (unpaired) electrons. The quantitative estimate of drug-likeness (QED) is 0.849. The van der Waals surface area contributed by atoms with Gasteiger partial charge in [0, 0.05) is 12.1 Å². The minimum Gasteiger partial charge on any atom is -0.338 e. The molecule has 1 aliphatic heterocycles. The lowest BCUT2D eigenvalue weighted by atomic mass is 9.82. The Kier molecular flexibility index (Phi) is 4.99. The molecule has 1 heterocycles. The summed E-state index contributed by atoms with van der Waals surface area (Å²) in [6.45, 7) is 2.77. The standard InChI is InChI=1S/C19H26N2O2/c1-2-3-13-20-19(23)21-16-12-8-7-11-15(16)18(22)17(21)14-9-5-4-6-10-14/h7-8,11-12,14,17H,2-6,9-10,13H2,1H3,(H,20,23). The van der Waals surface area contributed by atoms with Crippen LogP contribution in [0.3, 0.4) is 0 Å². The number of urea groups is 1. The number of carbonyl (C=O) groups is 2. The molecule has 0 saturated heterocycles. The zero-order chi connectivity index (χ0) is 16.2. The number of para-hydroxylation sites is 1. The van der Waals surface area contributed by atoms with Crippen LogP contribution in [0.5, 0.6) is 0 Å². The van der Waals surface area contributed by atoms with E-state index in [0.717, 1.165) is 44.2 Å². The van der Waals surface area contributed by atoms with Gasteiger partial charge in [0.25, 0.3) is 0 Å². The number of rotatable bonds is 4. The molecule has 1 aromatic carbocycles. The van der Waals surface area contributed by atoms with Crippen LogP contribution in [0.4, 0.5) is 10.5 Å². The van der Waals surface area contributed by atoms with Gasteiger partial charge in [0.05, 0.1) is 5.69 Å². The molecule has 1 aromatic rings. The van der Waals surface area contributed by atoms with E-state index in [9.17, 15) is 9.59 Å². The van der Waals surface area contributed by atoms with Gasteiger partial charge in [-0.1, -0.05) is 44.7 Å². The molecule has 1 saturated carbocycles. The maximum Gasteiger partial charge on any atom is 0.322 e. The van der Waals surface area contributed by atoms with Crippen molar-refractivity contribution in [3.8, 4) is 0 Å². The van der Waals surface area contributed by atoms with Gasteiger partial charge in [-0.15, -0.1) is 0 Å². The summed E-state index contributed by atoms with van der Waals surface area (Å²) in [7, 11) is 0. The Morgan fingerprint density at radius 1 is 1.22 bits per heavy atom. The van der Waals surface area contributed by atoms with Crippen LogP contribution < -0.4 is 10.2 Å². The Balaban J connectivity index is 1.87. The minimum atomic E-state index is -0.311. The van der Waals surface area contributed by atoms with Gasteiger partial charge in [-0.2, -0.15) is 0 Å². The molecule has 4 heteroatoms. The summed E-state index contributed by atoms with van der Waals surface area (Å²) < 4.78 is 0. The van der Waals surface area contributed by atoms with Gasteiger partial charge in [-0.25, -0.2) is 4.79 Å². The van der Waals surface area contributed by atoms with Crippen molar-refractivity contribution >= 4 is 17.5 Å². The fourth-order valence-electron chi connectivity index (χ4n) is 3.89. The van der Waals surface area contributed by atoms with E-state index in [0.29, 0.717) is 18.0 Å². The van der Waals surface area contributed by atoms with Crippen LogP contribution >= 0.6 is 0 Å². The van der Waals surface area contributed by atoms with E-state index in [1.165, 1.54) is 6.42 Å². The summed E-state index contributed by atoms with van der Waals surface area (Å²) in [5, 5.41) is 2.99. The predicted molar refractivity (Wildman–Crippen MR) is 91.9 cm³/mol. The Labute approximate surface area is 138 Å². The number of Topliss-reactive ketones (excluding diaryl/α,β-unsaturated/α-hetero) is 1. The lowest BCUT2D eigenvalue weighted by Crippen LogP contribution is -2.50. The number of carbonyl (C=O) groups excluding carboxylic acids is 2. The average molecular weight is 314 g/mol. The fourth-order valence-corrected chi connectivity index (χ4v) is 3.89. The Morgan fingerprint density at radius 2 is 1.96 bits per heavy atom. The second-order valence-electron chi connectivity index (χ2n) is 6.68. The number of hydrogen-bond donors (Lipinski definition) is 1. The zero-order valence-corrected chi connectivity index (χ0v) is 13.9. The fraction of sp³-hybridized carbons (Fsp3) is 0.579. The van der Waals surface area contributed by atoms with Crippen molar-refractivity contribution < 1.29 is 9.59 Å². The lowest BCUT2D eigenvalue weighted by Gasteiger charge is -2.33. The smallest absolute Gasteiger partial charge is 0.322 e. The molecule has 124 valence electrons. The Bertz CT molecular complexity index is 578. The van der Waals surface area contributed by atoms with Gasteiger partial charge in [-0.05, 0) is 37.3 Å². The zero-order valence-electron chi connectivity index (χ0n) is 13.9. The second kappa shape index (κ2) is 7.16. The van der Waals surface area contributed by atoms with Crippen LogP contribution in [0.25, 0.3) is 0 Å². The first-order chi connectivity index (χ1) is 11.2. The first-order valence-electron chi connectivity index (χ1n) is 8.94. The van der Waals surface area contributed by atoms with Crippen LogP contribution in [-0.4, -0.2) is 24.4 Å². The highest BCUT2D eigenvalue weighted by Gasteiger charge is 2.44. The monoisotopic (exact) mass is 314 g/mol. The number of benzene rings is 1. The third kappa shape index (κ3) is 3.12. The van der Waals surface area contributed by atoms with Crippen molar-refractivity contribution in [1.29, 1.82) is 0 Å². The number of nitrogens with zero attached hydrogens (tertiary/aromatic N) is 1. The largest absolute Gasteiger partial charge is 0.338 e. The van der Waals surface area contributed by atoms with E-state index in [1.54, 1.807) is 4.90 Å². The van der Waals surface area contributed by atoms with Crippen molar-refractivity contribution in [2.24, 2.45) is 5.92 Å². The molecular weight excluding hydrogens is 288 g/mol. The van der Waals surface area contributed by atoms with Gasteiger partial charge in [0.1, 0.15) is 6.04 Å². The lowest BCUT2D eigenvalue weighted by molar-refractivity contribution is 0.0928. The molecule has 3 rings (SSSR count). The van der Waals surface area contributed by atoms with Gasteiger partial charge < -0.3 is 5.32 Å². The molecule has 0 spiro atoms. The highest BCUT2D eigenvalue weighted by atomic mass is 16.2. The van der Waals surface area contributed by atoms with Gasteiger partial charge in [-0.3, -0.25) is 9.69 Å². The first kappa shape index (κ1) is 16.0. The van der Waals surface area contributed by atoms with Crippen molar-refractivity contribution in [2.75, 3.05) is 11.4 Å². The third-order valence-corrected chi connectivity index (χ3v) is 5.10. The first-order valence-corrected chi connectivity index (χ1v) is 8.94. The Hall–Kier alpha value is -1.84. The van der Waals surface area contributed by atoms with E-state index in [1.807, 2.05) is 24.3 Å². The van der Waals surface area contributed by atoms with Crippen LogP contribution in [0.2, 0.25) is 0 Å². The number of fused-ring (bicyclic) bond motifs is 1. The van der Waals surface area contributed by atoms with Crippen molar-refractivity contribution in [3.05, 3.63) is 29.8 Å². The number of hydrogen-bond acceptors (Lipinski definition) is 2. The number of ketones is 1. The van der Waals surface area contributed by atoms with Gasteiger partial charge in [0.15, 0.2) is 5.78 Å². The highest BCUT2D eigenvalue weighted by Crippen LogP contribution is 2.39. The van der Waals surface area contributed by atoms with Crippen LogP contribution in [0.15, 0.2) is 24.3 Å². The van der Waals surface area contributed by atoms with E-state index in [-0.39, 0.29) is 17.9 Å². The molecule has 1 aliphatic carbocycles. The predicted octanol–water partition coefficient (Wildman–Crippen LogP) is 4.15. The van der Waals surface area contributed by atoms with Gasteiger partial charge in [0.2, 0.25) is 0 Å². The summed E-state index contributed by atoms with van der Waals surface area (Å²) in [5.74, 6) is 0.415. The molecule has 2 amide bonds. The SMILES string of the molecule is CCCCNC(=O)N1c2ccccc2C(=O)C1C1CCCCC1. The number of amides is 2. The molecule has 1 fully saturated rings. The molecule has 1 unspecified atom stereocenters. The van der Waals surface area contributed by atoms with Crippen molar-refractivity contribution in [3.63, 3.8) is 0 Å². The van der Waals surface area contributed by atoms with E-state index < -0.39 is 0 Å². The number of anilines is 1. The molecule has 23 heavy (non-hydrogen) atoms. The Morgan fingerprint density at radius 3 is 2.70 bits per heavy atom. The summed E-state index contributed by atoms with van der Waals surface area (Å²) in [6, 6.07) is 7.11. The summed E-state index contributed by atoms with van der Waals surface area (Å²) in [5.41, 5.74) is 1.48. The molecule has 0 bridgehead atoms. The average Bonchev–Trinajstić information content (AvgIpc) is 2.89. The maximum absolute atomic E-state index is 12.9. The molecule has 4 nitrogen and oxygen atoms in total. The molecule has 0 aromatic heterocycles. The number of unbranched alkanes of at least 4 members (excludes halogenated alkanes) is 1. The molecular formula is C19H26N2O2. The van der Waals surface area contributed by atoms with Crippen LogP contribution in [0, 0.1) is 5.92 Å². The highest BCUT2D eigenvalue weighted by molar-refractivity contribution is 6.17. The maximum atomic E-state index is 12.9. The van der Waals surface area contributed by atoms with E-state index >= 15 is 0 Å².